The number of aliphatic hydroxyl groups excluding tert-OH is 1. The van der Waals surface area contributed by atoms with Crippen LogP contribution in [0.4, 0.5) is 0 Å². The first-order chi connectivity index (χ1) is 6.55. The van der Waals surface area contributed by atoms with Gasteiger partial charge in [0.05, 0.1) is 6.10 Å². The lowest BCUT2D eigenvalue weighted by atomic mass is 9.55. The summed E-state index contributed by atoms with van der Waals surface area (Å²) >= 11 is 0. The van der Waals surface area contributed by atoms with Crippen LogP contribution in [0.25, 0.3) is 0 Å². The smallest absolute Gasteiger partial charge is 0.136 e. The summed E-state index contributed by atoms with van der Waals surface area (Å²) in [4.78, 5) is 11.6. The molecule has 2 rings (SSSR count). The van der Waals surface area contributed by atoms with Crippen molar-refractivity contribution in [3.05, 3.63) is 0 Å². The fourth-order valence-corrected chi connectivity index (χ4v) is 3.46. The first kappa shape index (κ1) is 10.2. The second kappa shape index (κ2) is 3.34. The number of aliphatic hydroxyl groups is 1. The van der Waals surface area contributed by atoms with E-state index in [1.807, 2.05) is 6.92 Å². The highest BCUT2D eigenvalue weighted by Crippen LogP contribution is 2.51. The normalized spacial score (nSPS) is 48.8. The topological polar surface area (TPSA) is 37.3 Å². The molecule has 0 aliphatic heterocycles. The van der Waals surface area contributed by atoms with E-state index in [0.717, 1.165) is 25.7 Å². The van der Waals surface area contributed by atoms with E-state index < -0.39 is 0 Å². The van der Waals surface area contributed by atoms with E-state index in [2.05, 4.69) is 6.92 Å². The van der Waals surface area contributed by atoms with Gasteiger partial charge in [-0.15, -0.1) is 0 Å². The van der Waals surface area contributed by atoms with Gasteiger partial charge < -0.3 is 5.11 Å². The lowest BCUT2D eigenvalue weighted by Gasteiger charge is -2.50. The van der Waals surface area contributed by atoms with Gasteiger partial charge in [-0.2, -0.15) is 0 Å². The summed E-state index contributed by atoms with van der Waals surface area (Å²) in [6.45, 7) is 4.22. The van der Waals surface area contributed by atoms with Gasteiger partial charge in [0.2, 0.25) is 0 Å². The maximum Gasteiger partial charge on any atom is 0.136 e. The number of rotatable bonds is 0. The SMILES string of the molecule is C[C@@H]1C(=O)CC[C@]2(C)[C@@H](O)CCC[C@@H]12. The number of fused-ring (bicyclic) bond motifs is 1. The van der Waals surface area contributed by atoms with Crippen LogP contribution in [0.15, 0.2) is 0 Å². The Bertz CT molecular complexity index is 249. The number of hydrogen-bond acceptors (Lipinski definition) is 2. The number of hydrogen-bond donors (Lipinski definition) is 1. The van der Waals surface area contributed by atoms with Gasteiger partial charge >= 0.3 is 0 Å². The van der Waals surface area contributed by atoms with Crippen LogP contribution < -0.4 is 0 Å². The minimum atomic E-state index is -0.184. The molecule has 0 aromatic rings. The van der Waals surface area contributed by atoms with E-state index in [1.54, 1.807) is 0 Å². The third-order valence-electron chi connectivity index (χ3n) is 4.62. The summed E-state index contributed by atoms with van der Waals surface area (Å²) in [5.41, 5.74) is 0.0194. The summed E-state index contributed by atoms with van der Waals surface area (Å²) in [5.74, 6) is 0.998. The molecule has 0 unspecified atom stereocenters. The van der Waals surface area contributed by atoms with Crippen molar-refractivity contribution in [2.75, 3.05) is 0 Å². The predicted molar refractivity (Wildman–Crippen MR) is 54.9 cm³/mol. The molecular weight excluding hydrogens is 176 g/mol. The highest BCUT2D eigenvalue weighted by Gasteiger charge is 2.49. The predicted octanol–water partition coefficient (Wildman–Crippen LogP) is 2.15. The highest BCUT2D eigenvalue weighted by molar-refractivity contribution is 5.82. The molecule has 14 heavy (non-hydrogen) atoms. The van der Waals surface area contributed by atoms with Gasteiger partial charge in [-0.3, -0.25) is 4.79 Å². The fraction of sp³-hybridized carbons (Fsp3) is 0.917. The van der Waals surface area contributed by atoms with Crippen molar-refractivity contribution in [3.8, 4) is 0 Å². The Morgan fingerprint density at radius 2 is 2.14 bits per heavy atom. The Morgan fingerprint density at radius 3 is 2.86 bits per heavy atom. The second-order valence-corrected chi connectivity index (χ2v) is 5.31. The van der Waals surface area contributed by atoms with E-state index >= 15 is 0 Å². The average molecular weight is 196 g/mol. The minimum absolute atomic E-state index is 0.0194. The van der Waals surface area contributed by atoms with Crippen LogP contribution in [-0.4, -0.2) is 17.0 Å². The molecular formula is C12H20O2. The molecule has 2 aliphatic rings. The first-order valence-electron chi connectivity index (χ1n) is 5.76. The Kier molecular flexibility index (Phi) is 2.42. The Labute approximate surface area is 85.7 Å². The van der Waals surface area contributed by atoms with Crippen LogP contribution in [0.2, 0.25) is 0 Å². The Hall–Kier alpha value is -0.370. The molecule has 4 atom stereocenters. The van der Waals surface area contributed by atoms with Crippen LogP contribution in [0.1, 0.15) is 46.0 Å². The second-order valence-electron chi connectivity index (χ2n) is 5.31. The standard InChI is InChI=1S/C12H20O2/c1-8-9-4-3-5-11(14)12(9,2)7-6-10(8)13/h8-9,11,14H,3-7H2,1-2H3/t8-,9-,11-,12-/m0/s1. The third kappa shape index (κ3) is 1.31. The monoisotopic (exact) mass is 196 g/mol. The first-order valence-corrected chi connectivity index (χ1v) is 5.76. The molecule has 2 aliphatic carbocycles. The number of carbonyl (C=O) groups is 1. The van der Waals surface area contributed by atoms with Gasteiger partial charge in [0.1, 0.15) is 5.78 Å². The molecule has 1 N–H and O–H groups in total. The molecule has 2 nitrogen and oxygen atoms in total. The van der Waals surface area contributed by atoms with Crippen molar-refractivity contribution in [3.63, 3.8) is 0 Å². The lowest BCUT2D eigenvalue weighted by Crippen LogP contribution is -2.50. The zero-order chi connectivity index (χ0) is 10.3. The molecule has 0 radical (unpaired) electrons. The number of Topliss-reactive ketones (excluding diaryl/α,β-unsaturated/α-hetero) is 1. The fourth-order valence-electron chi connectivity index (χ4n) is 3.46. The average Bonchev–Trinajstić information content (AvgIpc) is 2.16. The summed E-state index contributed by atoms with van der Waals surface area (Å²) in [5, 5.41) is 10.1. The summed E-state index contributed by atoms with van der Waals surface area (Å²) in [6.07, 6.45) is 4.51. The van der Waals surface area contributed by atoms with Crippen LogP contribution >= 0.6 is 0 Å². The van der Waals surface area contributed by atoms with E-state index in [4.69, 9.17) is 0 Å². The minimum Gasteiger partial charge on any atom is -0.393 e. The van der Waals surface area contributed by atoms with Gasteiger partial charge in [-0.05, 0) is 30.6 Å². The number of ketones is 1. The third-order valence-corrected chi connectivity index (χ3v) is 4.62. The molecule has 2 fully saturated rings. The molecule has 80 valence electrons. The molecule has 0 spiro atoms. The summed E-state index contributed by atoms with van der Waals surface area (Å²) < 4.78 is 0. The van der Waals surface area contributed by atoms with Gasteiger partial charge in [0.15, 0.2) is 0 Å². The maximum atomic E-state index is 11.6. The van der Waals surface area contributed by atoms with Crippen LogP contribution in [0, 0.1) is 17.3 Å². The largest absolute Gasteiger partial charge is 0.393 e. The summed E-state index contributed by atoms with van der Waals surface area (Å²) in [7, 11) is 0. The summed E-state index contributed by atoms with van der Waals surface area (Å²) in [6, 6.07) is 0. The van der Waals surface area contributed by atoms with E-state index in [-0.39, 0.29) is 17.4 Å². The highest BCUT2D eigenvalue weighted by atomic mass is 16.3. The molecule has 0 heterocycles. The van der Waals surface area contributed by atoms with Crippen molar-refractivity contribution in [1.82, 2.24) is 0 Å². The van der Waals surface area contributed by atoms with E-state index in [1.165, 1.54) is 0 Å². The molecule has 2 saturated carbocycles. The van der Waals surface area contributed by atoms with Gasteiger partial charge in [0.25, 0.3) is 0 Å². The molecule has 0 amide bonds. The van der Waals surface area contributed by atoms with E-state index in [9.17, 15) is 9.90 Å². The van der Waals surface area contributed by atoms with Crippen molar-refractivity contribution in [2.45, 2.75) is 52.1 Å². The molecule has 0 bridgehead atoms. The van der Waals surface area contributed by atoms with Crippen molar-refractivity contribution in [2.24, 2.45) is 17.3 Å². The molecule has 2 heteroatoms. The van der Waals surface area contributed by atoms with E-state index in [0.29, 0.717) is 18.1 Å². The van der Waals surface area contributed by atoms with Crippen molar-refractivity contribution < 1.29 is 9.90 Å². The van der Waals surface area contributed by atoms with Crippen LogP contribution in [0.5, 0.6) is 0 Å². The lowest BCUT2D eigenvalue weighted by molar-refractivity contribution is -0.140. The Balaban J connectivity index is 2.25. The quantitative estimate of drug-likeness (QED) is 0.644. The van der Waals surface area contributed by atoms with Gasteiger partial charge in [0, 0.05) is 12.3 Å². The van der Waals surface area contributed by atoms with Crippen LogP contribution in [-0.2, 0) is 4.79 Å². The maximum absolute atomic E-state index is 11.6. The van der Waals surface area contributed by atoms with Gasteiger partial charge in [-0.1, -0.05) is 20.3 Å². The molecule has 0 saturated heterocycles. The van der Waals surface area contributed by atoms with Crippen LogP contribution in [0.3, 0.4) is 0 Å². The van der Waals surface area contributed by atoms with Gasteiger partial charge in [-0.25, -0.2) is 0 Å². The zero-order valence-corrected chi connectivity index (χ0v) is 9.12. The zero-order valence-electron chi connectivity index (χ0n) is 9.12. The number of carbonyl (C=O) groups excluding carboxylic acids is 1. The molecule has 0 aromatic carbocycles. The van der Waals surface area contributed by atoms with Crippen molar-refractivity contribution >= 4 is 5.78 Å². The Morgan fingerprint density at radius 1 is 1.43 bits per heavy atom. The molecule has 0 aromatic heterocycles. The van der Waals surface area contributed by atoms with Crippen molar-refractivity contribution in [1.29, 1.82) is 0 Å².